The summed E-state index contributed by atoms with van der Waals surface area (Å²) in [5, 5.41) is 3.83. The lowest BCUT2D eigenvalue weighted by Crippen LogP contribution is -2.18. The summed E-state index contributed by atoms with van der Waals surface area (Å²) in [5.41, 5.74) is 0.965. The molecule has 3 heteroatoms. The van der Waals surface area contributed by atoms with Gasteiger partial charge in [-0.2, -0.15) is 0 Å². The zero-order valence-electron chi connectivity index (χ0n) is 7.74. The molecule has 0 aliphatic rings. The number of aromatic nitrogens is 2. The van der Waals surface area contributed by atoms with E-state index in [-0.39, 0.29) is 11.6 Å². The number of hydrogen-bond donors (Lipinski definition) is 1. The maximum Gasteiger partial charge on any atom is 0.274 e. The van der Waals surface area contributed by atoms with Gasteiger partial charge in [0.2, 0.25) is 0 Å². The van der Waals surface area contributed by atoms with Gasteiger partial charge in [0.25, 0.3) is 5.56 Å². The van der Waals surface area contributed by atoms with Crippen LogP contribution in [0.1, 0.15) is 19.9 Å². The van der Waals surface area contributed by atoms with Gasteiger partial charge in [-0.25, -0.2) is 4.68 Å². The molecule has 0 atom stereocenters. The second-order valence-corrected chi connectivity index (χ2v) is 3.43. The van der Waals surface area contributed by atoms with Crippen molar-refractivity contribution in [2.24, 2.45) is 0 Å². The van der Waals surface area contributed by atoms with E-state index in [1.54, 1.807) is 4.68 Å². The molecule has 0 fully saturated rings. The van der Waals surface area contributed by atoms with Crippen molar-refractivity contribution in [2.75, 3.05) is 0 Å². The van der Waals surface area contributed by atoms with E-state index >= 15 is 0 Å². The van der Waals surface area contributed by atoms with Crippen molar-refractivity contribution in [1.82, 2.24) is 9.78 Å². The van der Waals surface area contributed by atoms with E-state index < -0.39 is 0 Å². The molecule has 1 N–H and O–H groups in total. The summed E-state index contributed by atoms with van der Waals surface area (Å²) in [6.07, 6.45) is 0. The highest BCUT2D eigenvalue weighted by Gasteiger charge is 2.06. The minimum atomic E-state index is 0.0607. The summed E-state index contributed by atoms with van der Waals surface area (Å²) in [7, 11) is 0. The molecule has 0 saturated heterocycles. The van der Waals surface area contributed by atoms with Crippen LogP contribution in [0.15, 0.2) is 29.1 Å². The molecule has 0 unspecified atom stereocenters. The fraction of sp³-hybridized carbons (Fsp3) is 0.300. The quantitative estimate of drug-likeness (QED) is 0.708. The predicted octanol–water partition coefficient (Wildman–Crippen LogP) is 1.91. The first-order valence-corrected chi connectivity index (χ1v) is 4.39. The summed E-state index contributed by atoms with van der Waals surface area (Å²) < 4.78 is 1.64. The normalized spacial score (nSPS) is 11.3. The van der Waals surface area contributed by atoms with Crippen LogP contribution in [0.2, 0.25) is 0 Å². The second-order valence-electron chi connectivity index (χ2n) is 3.43. The van der Waals surface area contributed by atoms with Crippen molar-refractivity contribution in [2.45, 2.75) is 19.9 Å². The van der Waals surface area contributed by atoms with E-state index in [2.05, 4.69) is 5.10 Å². The van der Waals surface area contributed by atoms with Gasteiger partial charge in [-0.05, 0) is 26.0 Å². The van der Waals surface area contributed by atoms with E-state index in [0.717, 1.165) is 10.9 Å². The molecular formula is C10H12N2O. The molecule has 0 spiro atoms. The number of fused-ring (bicyclic) bond motifs is 1. The molecule has 0 aliphatic heterocycles. The molecule has 2 rings (SSSR count). The minimum Gasteiger partial charge on any atom is -0.295 e. The Morgan fingerprint density at radius 2 is 2.00 bits per heavy atom. The third-order valence-corrected chi connectivity index (χ3v) is 2.13. The maximum absolute atomic E-state index is 11.7. The molecule has 1 aromatic carbocycles. The van der Waals surface area contributed by atoms with Crippen LogP contribution in [0.3, 0.4) is 0 Å². The van der Waals surface area contributed by atoms with Crippen molar-refractivity contribution >= 4 is 10.9 Å². The third-order valence-electron chi connectivity index (χ3n) is 2.13. The zero-order chi connectivity index (χ0) is 9.42. The third kappa shape index (κ3) is 1.16. The van der Waals surface area contributed by atoms with Crippen LogP contribution in [0.25, 0.3) is 10.9 Å². The lowest BCUT2D eigenvalue weighted by atomic mass is 10.2. The molecule has 1 aromatic heterocycles. The average molecular weight is 176 g/mol. The average Bonchev–Trinajstić information content (AvgIpc) is 2.45. The van der Waals surface area contributed by atoms with E-state index in [4.69, 9.17) is 0 Å². The van der Waals surface area contributed by atoms with Crippen LogP contribution >= 0.6 is 0 Å². The number of rotatable bonds is 1. The van der Waals surface area contributed by atoms with Crippen LogP contribution in [-0.4, -0.2) is 9.78 Å². The lowest BCUT2D eigenvalue weighted by Gasteiger charge is -2.02. The number of benzene rings is 1. The maximum atomic E-state index is 11.7. The van der Waals surface area contributed by atoms with Crippen molar-refractivity contribution in [3.05, 3.63) is 34.6 Å². The molecular weight excluding hydrogens is 164 g/mol. The molecule has 68 valence electrons. The van der Waals surface area contributed by atoms with Gasteiger partial charge in [-0.3, -0.25) is 9.89 Å². The summed E-state index contributed by atoms with van der Waals surface area (Å²) in [6, 6.07) is 7.73. The Hall–Kier alpha value is -1.51. The minimum absolute atomic E-state index is 0.0607. The summed E-state index contributed by atoms with van der Waals surface area (Å²) >= 11 is 0. The van der Waals surface area contributed by atoms with Gasteiger partial charge in [0, 0.05) is 6.04 Å². The molecule has 0 aliphatic carbocycles. The molecule has 0 saturated carbocycles. The Morgan fingerprint density at radius 1 is 1.31 bits per heavy atom. The van der Waals surface area contributed by atoms with Gasteiger partial charge in [0.1, 0.15) is 0 Å². The number of H-pyrrole nitrogens is 1. The Bertz CT molecular complexity index is 479. The van der Waals surface area contributed by atoms with Gasteiger partial charge in [-0.1, -0.05) is 12.1 Å². The van der Waals surface area contributed by atoms with Crippen molar-refractivity contribution in [1.29, 1.82) is 0 Å². The summed E-state index contributed by atoms with van der Waals surface area (Å²) in [5.74, 6) is 0. The second kappa shape index (κ2) is 2.76. The first-order valence-electron chi connectivity index (χ1n) is 4.39. The molecule has 0 amide bonds. The fourth-order valence-electron chi connectivity index (χ4n) is 1.44. The first-order chi connectivity index (χ1) is 6.20. The lowest BCUT2D eigenvalue weighted by molar-refractivity contribution is 0.522. The van der Waals surface area contributed by atoms with Gasteiger partial charge in [-0.15, -0.1) is 0 Å². The van der Waals surface area contributed by atoms with E-state index in [1.165, 1.54) is 0 Å². The Kier molecular flexibility index (Phi) is 1.72. The molecule has 13 heavy (non-hydrogen) atoms. The van der Waals surface area contributed by atoms with Crippen molar-refractivity contribution in [3.8, 4) is 0 Å². The Balaban J connectivity index is 2.82. The Labute approximate surface area is 76.0 Å². The van der Waals surface area contributed by atoms with Crippen molar-refractivity contribution in [3.63, 3.8) is 0 Å². The molecule has 2 aromatic rings. The van der Waals surface area contributed by atoms with E-state index in [1.807, 2.05) is 38.1 Å². The molecule has 0 bridgehead atoms. The van der Waals surface area contributed by atoms with Gasteiger partial charge in [0.15, 0.2) is 0 Å². The molecule has 3 nitrogen and oxygen atoms in total. The fourth-order valence-corrected chi connectivity index (χ4v) is 1.44. The standard InChI is InChI=1S/C10H12N2O/c1-7(2)12-10(13)8-5-3-4-6-9(8)11-12/h3-7,11H,1-2H3. The van der Waals surface area contributed by atoms with Crippen LogP contribution in [-0.2, 0) is 0 Å². The van der Waals surface area contributed by atoms with Gasteiger partial charge >= 0.3 is 0 Å². The number of nitrogens with zero attached hydrogens (tertiary/aromatic N) is 1. The highest BCUT2D eigenvalue weighted by atomic mass is 16.1. The predicted molar refractivity (Wildman–Crippen MR) is 52.9 cm³/mol. The SMILES string of the molecule is CC(C)n1[nH]c2ccccc2c1=O. The van der Waals surface area contributed by atoms with Crippen molar-refractivity contribution < 1.29 is 0 Å². The monoisotopic (exact) mass is 176 g/mol. The topological polar surface area (TPSA) is 37.8 Å². The first kappa shape index (κ1) is 8.10. The van der Waals surface area contributed by atoms with Crippen LogP contribution in [0.5, 0.6) is 0 Å². The highest BCUT2D eigenvalue weighted by Crippen LogP contribution is 2.08. The van der Waals surface area contributed by atoms with Crippen LogP contribution in [0, 0.1) is 0 Å². The molecule has 0 radical (unpaired) electrons. The van der Waals surface area contributed by atoms with Crippen LogP contribution in [0.4, 0.5) is 0 Å². The Morgan fingerprint density at radius 3 is 2.62 bits per heavy atom. The number of aromatic amines is 1. The molecule has 1 heterocycles. The summed E-state index contributed by atoms with van der Waals surface area (Å²) in [6.45, 7) is 3.97. The number of nitrogens with one attached hydrogen (secondary N) is 1. The largest absolute Gasteiger partial charge is 0.295 e. The van der Waals surface area contributed by atoms with Gasteiger partial charge in [0.05, 0.1) is 10.9 Å². The highest BCUT2D eigenvalue weighted by molar-refractivity contribution is 5.77. The van der Waals surface area contributed by atoms with Crippen LogP contribution < -0.4 is 5.56 Å². The zero-order valence-corrected chi connectivity index (χ0v) is 7.74. The number of hydrogen-bond acceptors (Lipinski definition) is 1. The van der Waals surface area contributed by atoms with Gasteiger partial charge < -0.3 is 0 Å². The number of para-hydroxylation sites is 1. The van der Waals surface area contributed by atoms with E-state index in [9.17, 15) is 4.79 Å². The smallest absolute Gasteiger partial charge is 0.274 e. The van der Waals surface area contributed by atoms with E-state index in [0.29, 0.717) is 0 Å². The summed E-state index contributed by atoms with van der Waals surface area (Å²) in [4.78, 5) is 11.7.